The molecule has 1 saturated heterocycles. The van der Waals surface area contributed by atoms with E-state index in [2.05, 4.69) is 4.98 Å². The summed E-state index contributed by atoms with van der Waals surface area (Å²) < 4.78 is 4.92. The first kappa shape index (κ1) is 19.6. The molecule has 0 unspecified atom stereocenters. The van der Waals surface area contributed by atoms with Gasteiger partial charge in [0.05, 0.1) is 10.7 Å². The van der Waals surface area contributed by atoms with Crippen LogP contribution in [0.3, 0.4) is 0 Å². The van der Waals surface area contributed by atoms with E-state index in [1.165, 1.54) is 4.90 Å². The molecule has 1 atom stereocenters. The Labute approximate surface area is 158 Å². The molecule has 2 rings (SSSR count). The van der Waals surface area contributed by atoms with Gasteiger partial charge in [0, 0.05) is 6.54 Å². The van der Waals surface area contributed by atoms with Crippen molar-refractivity contribution in [3.63, 3.8) is 0 Å². The van der Waals surface area contributed by atoms with E-state index in [1.807, 2.05) is 0 Å². The van der Waals surface area contributed by atoms with Crippen LogP contribution in [0, 0.1) is 0 Å². The Hall–Kier alpha value is -1.77. The quantitative estimate of drug-likeness (QED) is 0.574. The lowest BCUT2D eigenvalue weighted by Gasteiger charge is -2.33. The first-order valence-corrected chi connectivity index (χ1v) is 8.43. The van der Waals surface area contributed by atoms with Crippen molar-refractivity contribution in [2.45, 2.75) is 25.3 Å². The van der Waals surface area contributed by atoms with Crippen LogP contribution in [0.4, 0.5) is 5.69 Å². The molecule has 2 amide bonds. The smallest absolute Gasteiger partial charge is 0.359 e. The molecule has 1 aliphatic rings. The number of likely N-dealkylation sites (tertiary alicyclic amines) is 1. The summed E-state index contributed by atoms with van der Waals surface area (Å²) in [5, 5.41) is -0.525. The van der Waals surface area contributed by atoms with Crippen molar-refractivity contribution in [1.29, 1.82) is 0 Å². The number of aromatic nitrogens is 1. The average Bonchev–Trinajstić information content (AvgIpc) is 2.60. The zero-order valence-corrected chi connectivity index (χ0v) is 15.2. The monoisotopic (exact) mass is 408 g/mol. The van der Waals surface area contributed by atoms with Crippen LogP contribution >= 0.6 is 34.8 Å². The molecule has 136 valence electrons. The van der Waals surface area contributed by atoms with Gasteiger partial charge in [0.15, 0.2) is 17.5 Å². The summed E-state index contributed by atoms with van der Waals surface area (Å²) in [6.07, 6.45) is 2.01. The third kappa shape index (κ3) is 4.26. The minimum atomic E-state index is -0.990. The molecule has 0 radical (unpaired) electrons. The third-order valence-corrected chi connectivity index (χ3v) is 4.88. The molecule has 11 heteroatoms. The number of hydrogen-bond acceptors (Lipinski definition) is 6. The fraction of sp³-hybridized carbons (Fsp3) is 0.429. The number of rotatable bonds is 4. The zero-order chi connectivity index (χ0) is 18.7. The molecule has 1 aliphatic heterocycles. The van der Waals surface area contributed by atoms with Gasteiger partial charge in [-0.25, -0.2) is 9.78 Å². The van der Waals surface area contributed by atoms with Crippen molar-refractivity contribution in [3.05, 3.63) is 20.9 Å². The number of esters is 1. The Kier molecular flexibility index (Phi) is 6.31. The van der Waals surface area contributed by atoms with Gasteiger partial charge in [-0.2, -0.15) is 0 Å². The molecule has 1 aromatic heterocycles. The summed E-state index contributed by atoms with van der Waals surface area (Å²) in [4.78, 5) is 40.8. The highest BCUT2D eigenvalue weighted by atomic mass is 35.5. The number of halogens is 3. The molecular weight excluding hydrogens is 395 g/mol. The minimum Gasteiger partial charge on any atom is -0.451 e. The number of carbonyl (C=O) groups excluding carboxylic acids is 3. The molecule has 25 heavy (non-hydrogen) atoms. The Morgan fingerprint density at radius 3 is 2.52 bits per heavy atom. The Bertz CT molecular complexity index is 729. The Balaban J connectivity index is 2.07. The number of piperidine rings is 1. The number of nitrogens with zero attached hydrogens (tertiary/aromatic N) is 2. The first-order chi connectivity index (χ1) is 11.7. The van der Waals surface area contributed by atoms with Gasteiger partial charge in [-0.1, -0.05) is 34.8 Å². The normalized spacial score (nSPS) is 17.2. The maximum atomic E-state index is 12.2. The van der Waals surface area contributed by atoms with Crippen molar-refractivity contribution in [2.75, 3.05) is 18.9 Å². The van der Waals surface area contributed by atoms with E-state index in [-0.39, 0.29) is 26.6 Å². The van der Waals surface area contributed by atoms with Gasteiger partial charge in [-0.3, -0.25) is 9.59 Å². The molecule has 1 aromatic rings. The van der Waals surface area contributed by atoms with Crippen molar-refractivity contribution >= 4 is 58.3 Å². The van der Waals surface area contributed by atoms with Crippen LogP contribution in [0.25, 0.3) is 0 Å². The number of pyridine rings is 1. The number of primary amides is 1. The number of amides is 2. The molecular formula is C14H15Cl3N4O4. The zero-order valence-electron chi connectivity index (χ0n) is 12.9. The van der Waals surface area contributed by atoms with E-state index in [0.717, 1.165) is 12.8 Å². The van der Waals surface area contributed by atoms with Crippen molar-refractivity contribution in [1.82, 2.24) is 9.88 Å². The molecule has 0 spiro atoms. The molecule has 2 heterocycles. The van der Waals surface area contributed by atoms with Crippen molar-refractivity contribution in [2.24, 2.45) is 5.73 Å². The minimum absolute atomic E-state index is 0.0862. The maximum absolute atomic E-state index is 12.2. The van der Waals surface area contributed by atoms with Gasteiger partial charge in [-0.15, -0.1) is 0 Å². The first-order valence-electron chi connectivity index (χ1n) is 7.30. The largest absolute Gasteiger partial charge is 0.451 e. The van der Waals surface area contributed by atoms with E-state index in [1.54, 1.807) is 0 Å². The summed E-state index contributed by atoms with van der Waals surface area (Å²) >= 11 is 17.4. The van der Waals surface area contributed by atoms with Crippen LogP contribution in [-0.4, -0.2) is 46.9 Å². The average molecular weight is 410 g/mol. The third-order valence-electron chi connectivity index (χ3n) is 3.74. The van der Waals surface area contributed by atoms with Gasteiger partial charge < -0.3 is 21.1 Å². The maximum Gasteiger partial charge on any atom is 0.359 e. The van der Waals surface area contributed by atoms with E-state index in [9.17, 15) is 14.4 Å². The number of anilines is 1. The van der Waals surface area contributed by atoms with Gasteiger partial charge >= 0.3 is 5.97 Å². The number of carbonyl (C=O) groups is 3. The van der Waals surface area contributed by atoms with Crippen molar-refractivity contribution in [3.8, 4) is 0 Å². The molecule has 1 fully saturated rings. The summed E-state index contributed by atoms with van der Waals surface area (Å²) in [7, 11) is 0. The van der Waals surface area contributed by atoms with E-state index >= 15 is 0 Å². The number of ether oxygens (including phenoxy) is 1. The predicted octanol–water partition coefficient (Wildman–Crippen LogP) is 1.65. The SMILES string of the molecule is NC(=O)[C@H]1CCCCN1C(=O)COC(=O)c1nc(Cl)c(Cl)c(N)c1Cl. The Morgan fingerprint density at radius 1 is 1.20 bits per heavy atom. The number of nitrogens with two attached hydrogens (primary N) is 2. The van der Waals surface area contributed by atoms with E-state index in [4.69, 9.17) is 51.0 Å². The topological polar surface area (TPSA) is 129 Å². The molecule has 4 N–H and O–H groups in total. The van der Waals surface area contributed by atoms with Gasteiger partial charge in [0.1, 0.15) is 11.1 Å². The van der Waals surface area contributed by atoms with Crippen LogP contribution in [-0.2, 0) is 14.3 Å². The molecule has 0 saturated carbocycles. The van der Waals surface area contributed by atoms with E-state index in [0.29, 0.717) is 13.0 Å². The molecule has 0 aliphatic carbocycles. The summed E-state index contributed by atoms with van der Waals surface area (Å²) in [5.41, 5.74) is 10.4. The summed E-state index contributed by atoms with van der Waals surface area (Å²) in [6.45, 7) is -0.233. The van der Waals surface area contributed by atoms with E-state index < -0.39 is 30.4 Å². The number of nitrogen functional groups attached to an aromatic ring is 1. The second-order valence-electron chi connectivity index (χ2n) is 5.37. The standard InChI is InChI=1S/C14H15Cl3N4O4/c15-8-10(18)9(16)12(17)20-11(8)14(24)25-5-7(22)21-4-2-1-3-6(21)13(19)23/h6H,1-5H2,(H2,18,20)(H2,19,23)/t6-/m1/s1. The van der Waals surface area contributed by atoms with Crippen molar-refractivity contribution < 1.29 is 19.1 Å². The second kappa shape index (κ2) is 8.07. The highest BCUT2D eigenvalue weighted by Gasteiger charge is 2.31. The second-order valence-corrected chi connectivity index (χ2v) is 6.48. The van der Waals surface area contributed by atoms with Crippen LogP contribution in [0.2, 0.25) is 15.2 Å². The fourth-order valence-corrected chi connectivity index (χ4v) is 3.06. The lowest BCUT2D eigenvalue weighted by atomic mass is 10.0. The van der Waals surface area contributed by atoms with Gasteiger partial charge in [0.2, 0.25) is 5.91 Å². The number of hydrogen-bond donors (Lipinski definition) is 2. The highest BCUT2D eigenvalue weighted by molar-refractivity contribution is 6.46. The van der Waals surface area contributed by atoms with Gasteiger partial charge in [-0.05, 0) is 19.3 Å². The predicted molar refractivity (Wildman–Crippen MR) is 92.5 cm³/mol. The molecule has 0 aromatic carbocycles. The fourth-order valence-electron chi connectivity index (χ4n) is 2.47. The summed E-state index contributed by atoms with van der Waals surface area (Å²) in [5.74, 6) is -2.13. The molecule has 0 bridgehead atoms. The van der Waals surface area contributed by atoms with Crippen LogP contribution in [0.1, 0.15) is 29.8 Å². The highest BCUT2D eigenvalue weighted by Crippen LogP contribution is 2.34. The Morgan fingerprint density at radius 2 is 1.88 bits per heavy atom. The van der Waals surface area contributed by atoms with Gasteiger partial charge in [0.25, 0.3) is 5.91 Å². The lowest BCUT2D eigenvalue weighted by Crippen LogP contribution is -2.51. The summed E-state index contributed by atoms with van der Waals surface area (Å²) in [6, 6.07) is -0.706. The molecule has 8 nitrogen and oxygen atoms in total. The van der Waals surface area contributed by atoms with Crippen LogP contribution < -0.4 is 11.5 Å². The van der Waals surface area contributed by atoms with Crippen LogP contribution in [0.15, 0.2) is 0 Å². The van der Waals surface area contributed by atoms with Crippen LogP contribution in [0.5, 0.6) is 0 Å². The lowest BCUT2D eigenvalue weighted by molar-refractivity contribution is -0.143.